The first kappa shape index (κ1) is 37.9. The molecule has 0 radical (unpaired) electrons. The molecule has 0 bridgehead atoms. The van der Waals surface area contributed by atoms with E-state index in [2.05, 4.69) is 157 Å². The minimum absolute atomic E-state index is 0. The van der Waals surface area contributed by atoms with E-state index in [4.69, 9.17) is 0 Å². The van der Waals surface area contributed by atoms with Crippen LogP contribution in [0.15, 0.2) is 75.6 Å². The molecule has 0 fully saturated rings. The molecule has 3 heteroatoms. The molecule has 3 aromatic carbocycles. The molecule has 45 heavy (non-hydrogen) atoms. The van der Waals surface area contributed by atoms with Crippen molar-refractivity contribution in [1.82, 2.24) is 0 Å². The topological polar surface area (TPSA) is 0 Å². The fraction of sp³-hybridized carbons (Fsp3) is 0.452. The number of aryl methyl sites for hydroxylation is 2. The second-order valence-corrected chi connectivity index (χ2v) is 22.7. The Bertz CT molecular complexity index is 1600. The van der Waals surface area contributed by atoms with E-state index in [-0.39, 0.29) is 41.1 Å². The van der Waals surface area contributed by atoms with Crippen molar-refractivity contribution in [2.75, 3.05) is 0 Å². The number of benzene rings is 3. The van der Waals surface area contributed by atoms with Crippen molar-refractivity contribution >= 4 is 3.21 Å². The monoisotopic (exact) mass is 718 g/mol. The molecule has 5 rings (SSSR count). The predicted octanol–water partition coefficient (Wildman–Crippen LogP) is 5.73. The van der Waals surface area contributed by atoms with Gasteiger partial charge in [-0.25, -0.2) is 0 Å². The Morgan fingerprint density at radius 1 is 0.689 bits per heavy atom. The third-order valence-electron chi connectivity index (χ3n) is 9.82. The Morgan fingerprint density at radius 3 is 1.53 bits per heavy atom. The summed E-state index contributed by atoms with van der Waals surface area (Å²) in [7, 11) is 0. The van der Waals surface area contributed by atoms with Crippen molar-refractivity contribution < 1.29 is 46.1 Å². The molecule has 0 saturated heterocycles. The number of fused-ring (bicyclic) bond motifs is 3. The molecule has 1 unspecified atom stereocenters. The summed E-state index contributed by atoms with van der Waals surface area (Å²) < 4.78 is 4.00. The summed E-state index contributed by atoms with van der Waals surface area (Å²) in [6.45, 7) is 31.0. The van der Waals surface area contributed by atoms with E-state index in [1.165, 1.54) is 44.5 Å². The molecule has 0 heterocycles. The van der Waals surface area contributed by atoms with E-state index in [0.717, 1.165) is 6.42 Å². The molecule has 0 spiro atoms. The van der Waals surface area contributed by atoms with Crippen LogP contribution in [0.5, 0.6) is 0 Å². The molecular formula is C42H54Cl2Zr. The Morgan fingerprint density at radius 2 is 1.16 bits per heavy atom. The summed E-state index contributed by atoms with van der Waals surface area (Å²) in [6, 6.07) is 21.8. The zero-order valence-corrected chi connectivity index (χ0v) is 33.9. The fourth-order valence-electron chi connectivity index (χ4n) is 7.70. The SMILES string of the molecule is CC/[C](c1ccccc1)=[Zr+2](/[C]1=CC(C(C)(C)C)=CC1C)[CH]1c2cc(C)c(C(C)(C)C)cc2-c2cc(C(C)(C)C)c(C)cc21.[Cl-].[Cl-]. The zero-order valence-electron chi connectivity index (χ0n) is 30.0. The van der Waals surface area contributed by atoms with Gasteiger partial charge >= 0.3 is 272 Å². The maximum atomic E-state index is 2.67. The summed E-state index contributed by atoms with van der Waals surface area (Å²) in [4.78, 5) is 0. The summed E-state index contributed by atoms with van der Waals surface area (Å²) in [5.74, 6) is 0.492. The number of hydrogen-bond donors (Lipinski definition) is 0. The Kier molecular flexibility index (Phi) is 11.4. The van der Waals surface area contributed by atoms with Crippen LogP contribution in [-0.4, -0.2) is 3.21 Å². The molecule has 0 aromatic heterocycles. The van der Waals surface area contributed by atoms with Crippen LogP contribution < -0.4 is 24.8 Å². The third-order valence-corrected chi connectivity index (χ3v) is 18.9. The van der Waals surface area contributed by atoms with Gasteiger partial charge in [0.05, 0.1) is 0 Å². The Hall–Kier alpha value is -1.53. The summed E-state index contributed by atoms with van der Waals surface area (Å²) in [5.41, 5.74) is 15.4. The first-order valence-electron chi connectivity index (χ1n) is 16.5. The minimum Gasteiger partial charge on any atom is -1.00 e. The molecule has 240 valence electrons. The van der Waals surface area contributed by atoms with Crippen LogP contribution in [0.2, 0.25) is 0 Å². The number of allylic oxidation sites excluding steroid dienone is 4. The maximum Gasteiger partial charge on any atom is -1.00 e. The van der Waals surface area contributed by atoms with Crippen LogP contribution in [0.25, 0.3) is 11.1 Å². The van der Waals surface area contributed by atoms with Gasteiger partial charge in [0, 0.05) is 0 Å². The first-order chi connectivity index (χ1) is 19.9. The van der Waals surface area contributed by atoms with E-state index in [9.17, 15) is 0 Å². The van der Waals surface area contributed by atoms with Gasteiger partial charge < -0.3 is 24.8 Å². The normalized spacial score (nSPS) is 16.6. The third kappa shape index (κ3) is 7.17. The first-order valence-corrected chi connectivity index (χ1v) is 20.3. The van der Waals surface area contributed by atoms with Crippen LogP contribution in [-0.2, 0) is 32.1 Å². The second kappa shape index (κ2) is 13.5. The van der Waals surface area contributed by atoms with Gasteiger partial charge in [-0.1, -0.05) is 0 Å². The Balaban J connectivity index is 0.00000276. The van der Waals surface area contributed by atoms with Crippen LogP contribution in [0.4, 0.5) is 0 Å². The zero-order chi connectivity index (χ0) is 31.6. The van der Waals surface area contributed by atoms with Gasteiger partial charge in [-0.2, -0.15) is 0 Å². The van der Waals surface area contributed by atoms with Gasteiger partial charge in [0.1, 0.15) is 0 Å². The number of halogens is 2. The molecule has 0 amide bonds. The molecule has 3 aromatic rings. The van der Waals surface area contributed by atoms with E-state index < -0.39 is 21.3 Å². The molecule has 0 saturated carbocycles. The average Bonchev–Trinajstić information content (AvgIpc) is 3.43. The quantitative estimate of drug-likeness (QED) is 0.323. The number of rotatable bonds is 4. The van der Waals surface area contributed by atoms with E-state index in [1.54, 1.807) is 17.6 Å². The van der Waals surface area contributed by atoms with Gasteiger partial charge in [0.25, 0.3) is 0 Å². The molecule has 2 aliphatic rings. The molecule has 1 atom stereocenters. The second-order valence-electron chi connectivity index (χ2n) is 16.3. The maximum absolute atomic E-state index is 2.67. The molecule has 2 aliphatic carbocycles. The summed E-state index contributed by atoms with van der Waals surface area (Å²) in [5, 5.41) is 0. The average molecular weight is 721 g/mol. The van der Waals surface area contributed by atoms with Crippen molar-refractivity contribution in [2.45, 2.75) is 111 Å². The minimum atomic E-state index is -2.60. The van der Waals surface area contributed by atoms with Gasteiger partial charge in [0.15, 0.2) is 0 Å². The van der Waals surface area contributed by atoms with Crippen molar-refractivity contribution in [1.29, 1.82) is 0 Å². The van der Waals surface area contributed by atoms with Gasteiger partial charge in [-0.3, -0.25) is 0 Å². The molecule has 0 nitrogen and oxygen atoms in total. The smallest absolute Gasteiger partial charge is 1.00 e. The van der Waals surface area contributed by atoms with E-state index >= 15 is 0 Å². The van der Waals surface area contributed by atoms with Gasteiger partial charge in [0.2, 0.25) is 0 Å². The van der Waals surface area contributed by atoms with Crippen LogP contribution >= 0.6 is 0 Å². The molecule has 0 aliphatic heterocycles. The number of hydrogen-bond acceptors (Lipinski definition) is 0. The fourth-order valence-corrected chi connectivity index (χ4v) is 17.2. The Labute approximate surface area is 295 Å². The standard InChI is InChI=1S/C23H29.C10H15.C9H10.2ClH.Zr/c1-14-9-16-11-17-10-15(2)21(23(6,7)8)13-19(17)18(16)12-20(14)22(3,4)5;1-8-5-6-9(7-8)10(2,3)4;1-2-6-9-7-4-3-5-8-9;;;/h9-13H,1-8H3;6-8H,1-4H3;3-5,7-8H,2H2,1H3;2*1H;/q;;;;;+2/p-2. The molecular weight excluding hydrogens is 667 g/mol. The van der Waals surface area contributed by atoms with Crippen LogP contribution in [0.3, 0.4) is 0 Å². The molecule has 0 N–H and O–H groups in total. The van der Waals surface area contributed by atoms with Crippen molar-refractivity contribution in [3.8, 4) is 11.1 Å². The van der Waals surface area contributed by atoms with E-state index in [1.807, 2.05) is 0 Å². The van der Waals surface area contributed by atoms with Crippen LogP contribution in [0.1, 0.15) is 125 Å². The largest absolute Gasteiger partial charge is 1.00 e. The van der Waals surface area contributed by atoms with Gasteiger partial charge in [-0.05, 0) is 0 Å². The van der Waals surface area contributed by atoms with Gasteiger partial charge in [-0.15, -0.1) is 0 Å². The van der Waals surface area contributed by atoms with Crippen LogP contribution in [0, 0.1) is 25.2 Å². The predicted molar refractivity (Wildman–Crippen MR) is 186 cm³/mol. The van der Waals surface area contributed by atoms with Crippen molar-refractivity contribution in [2.24, 2.45) is 11.3 Å². The van der Waals surface area contributed by atoms with E-state index in [0.29, 0.717) is 9.54 Å². The summed E-state index contributed by atoms with van der Waals surface area (Å²) >= 11 is -2.60. The van der Waals surface area contributed by atoms with Crippen molar-refractivity contribution in [3.63, 3.8) is 0 Å². The summed E-state index contributed by atoms with van der Waals surface area (Å²) in [6.07, 6.45) is 6.38. The van der Waals surface area contributed by atoms with Crippen molar-refractivity contribution in [3.05, 3.63) is 115 Å².